The van der Waals surface area contributed by atoms with Crippen molar-refractivity contribution >= 4 is 5.91 Å². The molecule has 0 radical (unpaired) electrons. The van der Waals surface area contributed by atoms with Gasteiger partial charge in [0.15, 0.2) is 0 Å². The van der Waals surface area contributed by atoms with Crippen molar-refractivity contribution in [2.45, 2.75) is 63.8 Å². The van der Waals surface area contributed by atoms with Gasteiger partial charge < -0.3 is 14.2 Å². The van der Waals surface area contributed by atoms with E-state index in [-0.39, 0.29) is 12.0 Å². The van der Waals surface area contributed by atoms with Crippen molar-refractivity contribution in [3.05, 3.63) is 30.3 Å². The topological polar surface area (TPSA) is 77.0 Å². The molecule has 0 saturated carbocycles. The number of para-hydroxylation sites is 1. The monoisotopic (exact) mass is 377 g/mol. The predicted octanol–water partition coefficient (Wildman–Crippen LogP) is 3.33. The molecule has 6 heteroatoms. The molecule has 2 saturated heterocycles. The number of hydroxylamine groups is 1. The second-order valence-corrected chi connectivity index (χ2v) is 7.64. The number of benzene rings is 1. The zero-order valence-corrected chi connectivity index (χ0v) is 16.0. The van der Waals surface area contributed by atoms with Gasteiger partial charge in [0.25, 0.3) is 0 Å². The van der Waals surface area contributed by atoms with Crippen LogP contribution in [0, 0.1) is 11.8 Å². The molecule has 5 unspecified atom stereocenters. The minimum atomic E-state index is -0.345. The van der Waals surface area contributed by atoms with Crippen LogP contribution in [0.4, 0.5) is 0 Å². The summed E-state index contributed by atoms with van der Waals surface area (Å²) >= 11 is 0. The van der Waals surface area contributed by atoms with Gasteiger partial charge in [-0.3, -0.25) is 10.0 Å². The van der Waals surface area contributed by atoms with Crippen molar-refractivity contribution in [1.82, 2.24) is 5.48 Å². The molecule has 2 bridgehead atoms. The molecule has 2 N–H and O–H groups in total. The van der Waals surface area contributed by atoms with Gasteiger partial charge in [-0.25, -0.2) is 5.48 Å². The van der Waals surface area contributed by atoms with Crippen LogP contribution in [0.15, 0.2) is 30.3 Å². The van der Waals surface area contributed by atoms with E-state index in [4.69, 9.17) is 19.4 Å². The minimum Gasteiger partial charge on any atom is -0.494 e. The van der Waals surface area contributed by atoms with Gasteiger partial charge >= 0.3 is 0 Å². The molecular weight excluding hydrogens is 346 g/mol. The lowest BCUT2D eigenvalue weighted by atomic mass is 9.78. The number of rotatable bonds is 11. The summed E-state index contributed by atoms with van der Waals surface area (Å²) in [6.45, 7) is 3.44. The average Bonchev–Trinajstić information content (AvgIpc) is 3.29. The first-order chi connectivity index (χ1) is 13.2. The molecule has 2 heterocycles. The fourth-order valence-electron chi connectivity index (χ4n) is 4.30. The van der Waals surface area contributed by atoms with Gasteiger partial charge in [-0.15, -0.1) is 0 Å². The molecule has 2 fully saturated rings. The molecule has 27 heavy (non-hydrogen) atoms. The van der Waals surface area contributed by atoms with E-state index < -0.39 is 0 Å². The molecule has 1 aromatic rings. The zero-order valence-electron chi connectivity index (χ0n) is 16.0. The van der Waals surface area contributed by atoms with E-state index in [0.717, 1.165) is 31.4 Å². The van der Waals surface area contributed by atoms with E-state index in [1.54, 1.807) is 5.48 Å². The van der Waals surface area contributed by atoms with E-state index in [2.05, 4.69) is 0 Å². The smallest absolute Gasteiger partial charge is 0.243 e. The third kappa shape index (κ3) is 5.67. The van der Waals surface area contributed by atoms with Crippen LogP contribution in [-0.2, 0) is 14.3 Å². The van der Waals surface area contributed by atoms with Crippen LogP contribution in [0.25, 0.3) is 0 Å². The Kier molecular flexibility index (Phi) is 7.50. The summed E-state index contributed by atoms with van der Waals surface area (Å²) in [5.41, 5.74) is 1.66. The van der Waals surface area contributed by atoms with Gasteiger partial charge in [0, 0.05) is 12.3 Å². The molecule has 0 aliphatic carbocycles. The Morgan fingerprint density at radius 3 is 2.74 bits per heavy atom. The van der Waals surface area contributed by atoms with Gasteiger partial charge in [-0.05, 0) is 57.1 Å². The van der Waals surface area contributed by atoms with Crippen LogP contribution in [0.2, 0.25) is 0 Å². The van der Waals surface area contributed by atoms with Crippen LogP contribution in [-0.4, -0.2) is 42.6 Å². The first kappa shape index (κ1) is 20.1. The van der Waals surface area contributed by atoms with Crippen LogP contribution >= 0.6 is 0 Å². The molecule has 5 atom stereocenters. The highest BCUT2D eigenvalue weighted by atomic mass is 16.5. The van der Waals surface area contributed by atoms with Crippen LogP contribution < -0.4 is 10.2 Å². The molecule has 3 rings (SSSR count). The predicted molar refractivity (Wildman–Crippen MR) is 101 cm³/mol. The number of fused-ring (bicyclic) bond motifs is 2. The highest BCUT2D eigenvalue weighted by molar-refractivity contribution is 5.74. The van der Waals surface area contributed by atoms with Crippen LogP contribution in [0.5, 0.6) is 5.75 Å². The SMILES string of the molecule is CC(CCCC(=O)NO)OCC1C2CCC(O2)C1CCOc1ccccc1. The number of nitrogens with one attached hydrogen (secondary N) is 1. The number of carbonyl (C=O) groups excluding carboxylic acids is 1. The highest BCUT2D eigenvalue weighted by Crippen LogP contribution is 2.45. The Bertz CT molecular complexity index is 581. The third-order valence-electron chi connectivity index (χ3n) is 5.77. The Balaban J connectivity index is 1.40. The lowest BCUT2D eigenvalue weighted by molar-refractivity contribution is -0.129. The molecule has 0 spiro atoms. The molecule has 1 aromatic carbocycles. The first-order valence-electron chi connectivity index (χ1n) is 10.0. The molecule has 0 aromatic heterocycles. The third-order valence-corrected chi connectivity index (χ3v) is 5.77. The minimum absolute atomic E-state index is 0.0943. The number of carbonyl (C=O) groups is 1. The van der Waals surface area contributed by atoms with E-state index in [0.29, 0.717) is 50.1 Å². The molecule has 2 aliphatic heterocycles. The lowest BCUT2D eigenvalue weighted by Crippen LogP contribution is -2.33. The van der Waals surface area contributed by atoms with Crippen molar-refractivity contribution in [2.75, 3.05) is 13.2 Å². The standard InChI is InChI=1S/C21H31NO5/c1-15(6-5-9-21(23)22-24)26-14-18-17(19-10-11-20(18)27-19)12-13-25-16-7-3-2-4-8-16/h2-4,7-8,15,17-20,24H,5-6,9-14H2,1H3,(H,22,23). The van der Waals surface area contributed by atoms with Crippen molar-refractivity contribution in [3.8, 4) is 5.75 Å². The molecule has 1 amide bonds. The van der Waals surface area contributed by atoms with Gasteiger partial charge in [-0.2, -0.15) is 0 Å². The van der Waals surface area contributed by atoms with Crippen LogP contribution in [0.3, 0.4) is 0 Å². The average molecular weight is 377 g/mol. The van der Waals surface area contributed by atoms with Crippen molar-refractivity contribution in [2.24, 2.45) is 11.8 Å². The summed E-state index contributed by atoms with van der Waals surface area (Å²) in [7, 11) is 0. The summed E-state index contributed by atoms with van der Waals surface area (Å²) in [6, 6.07) is 9.92. The lowest BCUT2D eigenvalue weighted by Gasteiger charge is -2.29. The summed E-state index contributed by atoms with van der Waals surface area (Å²) in [4.78, 5) is 11.1. The Morgan fingerprint density at radius 1 is 1.26 bits per heavy atom. The van der Waals surface area contributed by atoms with E-state index in [1.807, 2.05) is 37.3 Å². The summed E-state index contributed by atoms with van der Waals surface area (Å²) < 4.78 is 18.1. The molecule has 6 nitrogen and oxygen atoms in total. The quantitative estimate of drug-likeness (QED) is 0.457. The maximum Gasteiger partial charge on any atom is 0.243 e. The Labute approximate surface area is 161 Å². The Hall–Kier alpha value is -1.63. The van der Waals surface area contributed by atoms with Gasteiger partial charge in [0.1, 0.15) is 5.75 Å². The second kappa shape index (κ2) is 10.1. The fourth-order valence-corrected chi connectivity index (χ4v) is 4.30. The van der Waals surface area contributed by atoms with E-state index in [9.17, 15) is 4.79 Å². The van der Waals surface area contributed by atoms with Gasteiger partial charge in [0.05, 0.1) is 31.5 Å². The number of hydrogen-bond donors (Lipinski definition) is 2. The molecular formula is C21H31NO5. The maximum absolute atomic E-state index is 11.1. The molecule has 2 aliphatic rings. The summed E-state index contributed by atoms with van der Waals surface area (Å²) in [6.07, 6.45) is 5.82. The second-order valence-electron chi connectivity index (χ2n) is 7.64. The zero-order chi connectivity index (χ0) is 19.1. The number of hydrogen-bond acceptors (Lipinski definition) is 5. The van der Waals surface area contributed by atoms with Gasteiger partial charge in [-0.1, -0.05) is 18.2 Å². The van der Waals surface area contributed by atoms with Crippen molar-refractivity contribution in [1.29, 1.82) is 0 Å². The van der Waals surface area contributed by atoms with Gasteiger partial charge in [0.2, 0.25) is 5.91 Å². The normalized spacial score (nSPS) is 27.5. The fraction of sp³-hybridized carbons (Fsp3) is 0.667. The Morgan fingerprint density at radius 2 is 2.00 bits per heavy atom. The number of amides is 1. The largest absolute Gasteiger partial charge is 0.494 e. The van der Waals surface area contributed by atoms with E-state index >= 15 is 0 Å². The first-order valence-corrected chi connectivity index (χ1v) is 10.0. The number of ether oxygens (including phenoxy) is 3. The van der Waals surface area contributed by atoms with E-state index in [1.165, 1.54) is 0 Å². The summed E-state index contributed by atoms with van der Waals surface area (Å²) in [5, 5.41) is 8.53. The maximum atomic E-state index is 11.1. The molecule has 150 valence electrons. The van der Waals surface area contributed by atoms with Crippen molar-refractivity contribution < 1.29 is 24.2 Å². The van der Waals surface area contributed by atoms with Crippen LogP contribution in [0.1, 0.15) is 45.4 Å². The van der Waals surface area contributed by atoms with Crippen molar-refractivity contribution in [3.63, 3.8) is 0 Å². The summed E-state index contributed by atoms with van der Waals surface area (Å²) in [5.74, 6) is 1.48. The highest BCUT2D eigenvalue weighted by Gasteiger charge is 2.48.